The number of rotatable bonds is 3. The van der Waals surface area contributed by atoms with E-state index in [-0.39, 0.29) is 6.04 Å². The average molecular weight is 262 g/mol. The van der Waals surface area contributed by atoms with Gasteiger partial charge in [-0.3, -0.25) is 0 Å². The van der Waals surface area contributed by atoms with Crippen LogP contribution in [-0.2, 0) is 0 Å². The van der Waals surface area contributed by atoms with Crippen molar-refractivity contribution < 1.29 is 4.74 Å². The third-order valence-electron chi connectivity index (χ3n) is 4.08. The zero-order chi connectivity index (χ0) is 13.8. The summed E-state index contributed by atoms with van der Waals surface area (Å²) in [5, 5.41) is 0. The Morgan fingerprint density at radius 2 is 2.11 bits per heavy atom. The van der Waals surface area contributed by atoms with Gasteiger partial charge in [0.2, 0.25) is 0 Å². The monoisotopic (exact) mass is 262 g/mol. The minimum absolute atomic E-state index is 0.0124. The van der Waals surface area contributed by atoms with Crippen LogP contribution in [-0.4, -0.2) is 19.7 Å². The van der Waals surface area contributed by atoms with Crippen LogP contribution >= 0.6 is 0 Å². The van der Waals surface area contributed by atoms with E-state index in [2.05, 4.69) is 24.0 Å². The maximum absolute atomic E-state index is 6.18. The van der Waals surface area contributed by atoms with Gasteiger partial charge in [0.1, 0.15) is 5.75 Å². The van der Waals surface area contributed by atoms with Gasteiger partial charge in [0.05, 0.1) is 7.11 Å². The molecule has 0 spiro atoms. The number of nitrogens with two attached hydrogens (primary N) is 1. The molecule has 1 aromatic rings. The van der Waals surface area contributed by atoms with Gasteiger partial charge < -0.3 is 15.4 Å². The number of ether oxygens (including phenoxy) is 1. The Kier molecular flexibility index (Phi) is 4.70. The number of methoxy groups -OCH3 is 1. The summed E-state index contributed by atoms with van der Waals surface area (Å²) >= 11 is 0. The Labute approximate surface area is 116 Å². The molecule has 106 valence electrons. The normalized spacial score (nSPS) is 21.9. The molecular weight excluding hydrogens is 236 g/mol. The molecule has 1 heterocycles. The molecule has 0 bridgehead atoms. The molecule has 0 amide bonds. The Balaban J connectivity index is 2.42. The first-order chi connectivity index (χ1) is 9.15. The van der Waals surface area contributed by atoms with Crippen LogP contribution in [0.5, 0.6) is 5.75 Å². The highest BCUT2D eigenvalue weighted by Crippen LogP contribution is 2.36. The lowest BCUT2D eigenvalue weighted by atomic mass is 10.0. The van der Waals surface area contributed by atoms with Gasteiger partial charge in [-0.2, -0.15) is 0 Å². The number of hydrogen-bond donors (Lipinski definition) is 1. The van der Waals surface area contributed by atoms with Crippen molar-refractivity contribution in [1.29, 1.82) is 0 Å². The fraction of sp³-hybridized carbons (Fsp3) is 0.625. The molecular formula is C16H26N2O. The van der Waals surface area contributed by atoms with Crippen LogP contribution in [0.25, 0.3) is 0 Å². The minimum Gasteiger partial charge on any atom is -0.496 e. The maximum Gasteiger partial charge on any atom is 0.125 e. The molecule has 3 heteroatoms. The standard InChI is InChI=1S/C16H26N2O/c1-12-8-5-4-6-11-18(12)14-9-7-10-15(19-3)16(14)13(2)17/h7,9-10,12-13H,4-6,8,11,17H2,1-3H3. The molecule has 2 atom stereocenters. The van der Waals surface area contributed by atoms with E-state index in [0.29, 0.717) is 6.04 Å². The summed E-state index contributed by atoms with van der Waals surface area (Å²) in [6.45, 7) is 5.47. The lowest BCUT2D eigenvalue weighted by molar-refractivity contribution is 0.406. The van der Waals surface area contributed by atoms with Gasteiger partial charge in [0.15, 0.2) is 0 Å². The molecule has 2 N–H and O–H groups in total. The SMILES string of the molecule is COc1cccc(N2CCCCCC2C)c1C(C)N. The first-order valence-corrected chi connectivity index (χ1v) is 7.34. The Bertz CT molecular complexity index is 417. The topological polar surface area (TPSA) is 38.5 Å². The van der Waals surface area contributed by atoms with Gasteiger partial charge in [0.25, 0.3) is 0 Å². The van der Waals surface area contributed by atoms with Crippen LogP contribution in [0.4, 0.5) is 5.69 Å². The van der Waals surface area contributed by atoms with Crippen molar-refractivity contribution in [2.24, 2.45) is 5.73 Å². The molecule has 1 aliphatic rings. The molecule has 2 rings (SSSR count). The first kappa shape index (κ1) is 14.2. The lowest BCUT2D eigenvalue weighted by Gasteiger charge is -2.32. The highest BCUT2D eigenvalue weighted by atomic mass is 16.5. The van der Waals surface area contributed by atoms with Crippen molar-refractivity contribution in [2.75, 3.05) is 18.6 Å². The Morgan fingerprint density at radius 3 is 2.79 bits per heavy atom. The van der Waals surface area contributed by atoms with Crippen LogP contribution in [0.15, 0.2) is 18.2 Å². The zero-order valence-electron chi connectivity index (χ0n) is 12.4. The van der Waals surface area contributed by atoms with Crippen LogP contribution in [0.2, 0.25) is 0 Å². The molecule has 0 aromatic heterocycles. The second kappa shape index (κ2) is 6.29. The minimum atomic E-state index is -0.0124. The average Bonchev–Trinajstić information content (AvgIpc) is 2.62. The van der Waals surface area contributed by atoms with Gasteiger partial charge >= 0.3 is 0 Å². The smallest absolute Gasteiger partial charge is 0.125 e. The molecule has 1 saturated heterocycles. The van der Waals surface area contributed by atoms with Gasteiger partial charge in [-0.15, -0.1) is 0 Å². The van der Waals surface area contributed by atoms with Gasteiger partial charge in [-0.25, -0.2) is 0 Å². The van der Waals surface area contributed by atoms with Crippen LogP contribution in [0, 0.1) is 0 Å². The fourth-order valence-corrected chi connectivity index (χ4v) is 3.05. The van der Waals surface area contributed by atoms with Crippen molar-refractivity contribution >= 4 is 5.69 Å². The summed E-state index contributed by atoms with van der Waals surface area (Å²) in [4.78, 5) is 2.51. The molecule has 0 aliphatic carbocycles. The van der Waals surface area contributed by atoms with E-state index in [1.165, 1.54) is 31.4 Å². The van der Waals surface area contributed by atoms with Crippen molar-refractivity contribution in [2.45, 2.75) is 51.6 Å². The lowest BCUT2D eigenvalue weighted by Crippen LogP contribution is -2.33. The number of hydrogen-bond acceptors (Lipinski definition) is 3. The fourth-order valence-electron chi connectivity index (χ4n) is 3.05. The molecule has 1 aliphatic heterocycles. The second-order valence-electron chi connectivity index (χ2n) is 5.57. The highest BCUT2D eigenvalue weighted by Gasteiger charge is 2.22. The van der Waals surface area contributed by atoms with E-state index in [0.717, 1.165) is 17.9 Å². The zero-order valence-corrected chi connectivity index (χ0v) is 12.4. The van der Waals surface area contributed by atoms with Crippen LogP contribution in [0.3, 0.4) is 0 Å². The number of nitrogens with zero attached hydrogens (tertiary/aromatic N) is 1. The third kappa shape index (κ3) is 3.03. The van der Waals surface area contributed by atoms with Gasteiger partial charge in [-0.05, 0) is 38.8 Å². The summed E-state index contributed by atoms with van der Waals surface area (Å²) < 4.78 is 5.50. The highest BCUT2D eigenvalue weighted by molar-refractivity contribution is 5.61. The summed E-state index contributed by atoms with van der Waals surface area (Å²) in [6.07, 6.45) is 5.18. The van der Waals surface area contributed by atoms with Gasteiger partial charge in [-0.1, -0.05) is 18.9 Å². The third-order valence-corrected chi connectivity index (χ3v) is 4.08. The maximum atomic E-state index is 6.18. The van der Waals surface area contributed by atoms with Crippen molar-refractivity contribution in [3.8, 4) is 5.75 Å². The first-order valence-electron chi connectivity index (χ1n) is 7.34. The van der Waals surface area contributed by atoms with E-state index in [4.69, 9.17) is 10.5 Å². The van der Waals surface area contributed by atoms with E-state index in [1.54, 1.807) is 7.11 Å². The summed E-state index contributed by atoms with van der Waals surface area (Å²) in [5.74, 6) is 0.906. The molecule has 0 radical (unpaired) electrons. The predicted molar refractivity (Wildman–Crippen MR) is 80.9 cm³/mol. The largest absolute Gasteiger partial charge is 0.496 e. The summed E-state index contributed by atoms with van der Waals surface area (Å²) in [7, 11) is 1.72. The summed E-state index contributed by atoms with van der Waals surface area (Å²) in [6, 6.07) is 6.82. The van der Waals surface area contributed by atoms with Crippen molar-refractivity contribution in [1.82, 2.24) is 0 Å². The Morgan fingerprint density at radius 1 is 1.32 bits per heavy atom. The Hall–Kier alpha value is -1.22. The predicted octanol–water partition coefficient (Wildman–Crippen LogP) is 3.48. The van der Waals surface area contributed by atoms with Crippen LogP contribution in [0.1, 0.15) is 51.1 Å². The molecule has 3 nitrogen and oxygen atoms in total. The van der Waals surface area contributed by atoms with E-state index < -0.39 is 0 Å². The van der Waals surface area contributed by atoms with Crippen molar-refractivity contribution in [3.05, 3.63) is 23.8 Å². The molecule has 1 aromatic carbocycles. The quantitative estimate of drug-likeness (QED) is 0.906. The van der Waals surface area contributed by atoms with E-state index in [9.17, 15) is 0 Å². The molecule has 0 saturated carbocycles. The molecule has 2 unspecified atom stereocenters. The van der Waals surface area contributed by atoms with E-state index in [1.807, 2.05) is 13.0 Å². The second-order valence-corrected chi connectivity index (χ2v) is 5.57. The van der Waals surface area contributed by atoms with E-state index >= 15 is 0 Å². The van der Waals surface area contributed by atoms with Crippen molar-refractivity contribution in [3.63, 3.8) is 0 Å². The van der Waals surface area contributed by atoms with Crippen LogP contribution < -0.4 is 15.4 Å². The molecule has 19 heavy (non-hydrogen) atoms. The van der Waals surface area contributed by atoms with Gasteiger partial charge in [0, 0.05) is 29.9 Å². The molecule has 1 fully saturated rings. The summed E-state index contributed by atoms with van der Waals surface area (Å²) in [5.41, 5.74) is 8.57. The number of anilines is 1. The number of benzene rings is 1.